The second kappa shape index (κ2) is 6.84. The van der Waals surface area contributed by atoms with Crippen LogP contribution in [0.5, 0.6) is 0 Å². The summed E-state index contributed by atoms with van der Waals surface area (Å²) < 4.78 is 11.3. The smallest absolute Gasteiger partial charge is 0.335 e. The molecule has 0 bridgehead atoms. The molecule has 2 aliphatic rings. The van der Waals surface area contributed by atoms with Gasteiger partial charge in [-0.15, -0.1) is 11.3 Å². The zero-order valence-corrected chi connectivity index (χ0v) is 14.6. The van der Waals surface area contributed by atoms with Gasteiger partial charge in [0, 0.05) is 30.6 Å². The highest BCUT2D eigenvalue weighted by Crippen LogP contribution is 2.32. The Morgan fingerprint density at radius 2 is 2.00 bits per heavy atom. The molecule has 2 aliphatic heterocycles. The van der Waals surface area contributed by atoms with E-state index in [1.54, 1.807) is 23.5 Å². The number of morpholine rings is 1. The van der Waals surface area contributed by atoms with Gasteiger partial charge < -0.3 is 14.6 Å². The number of ether oxygens (including phenoxy) is 2. The summed E-state index contributed by atoms with van der Waals surface area (Å²) in [5, 5.41) is 12.0. The van der Waals surface area contributed by atoms with Crippen LogP contribution in [0.2, 0.25) is 0 Å². The van der Waals surface area contributed by atoms with Crippen LogP contribution in [-0.2, 0) is 16.0 Å². The molecule has 2 fully saturated rings. The predicted octanol–water partition coefficient (Wildman–Crippen LogP) is 2.50. The monoisotopic (exact) mass is 360 g/mol. The number of carboxylic acid groups (broad SMARTS) is 1. The summed E-state index contributed by atoms with van der Waals surface area (Å²) in [7, 11) is 0. The van der Waals surface area contributed by atoms with Gasteiger partial charge in [-0.2, -0.15) is 0 Å². The minimum Gasteiger partial charge on any atom is -0.478 e. The Kier molecular flexibility index (Phi) is 4.56. The minimum absolute atomic E-state index is 0.00876. The first kappa shape index (κ1) is 16.7. The topological polar surface area (TPSA) is 71.9 Å². The van der Waals surface area contributed by atoms with Crippen LogP contribution in [0.4, 0.5) is 0 Å². The van der Waals surface area contributed by atoms with Crippen molar-refractivity contribution in [2.24, 2.45) is 0 Å². The van der Waals surface area contributed by atoms with Crippen LogP contribution in [0.25, 0.3) is 10.6 Å². The fourth-order valence-electron chi connectivity index (χ4n) is 3.43. The van der Waals surface area contributed by atoms with Gasteiger partial charge in [0.1, 0.15) is 5.01 Å². The van der Waals surface area contributed by atoms with Crippen LogP contribution >= 0.6 is 11.3 Å². The molecule has 1 aromatic carbocycles. The molecule has 2 saturated heterocycles. The van der Waals surface area contributed by atoms with Crippen molar-refractivity contribution in [3.05, 3.63) is 40.9 Å². The van der Waals surface area contributed by atoms with Crippen LogP contribution in [0.15, 0.2) is 29.6 Å². The number of rotatable bonds is 4. The van der Waals surface area contributed by atoms with Crippen molar-refractivity contribution in [3.8, 4) is 10.6 Å². The van der Waals surface area contributed by atoms with Crippen LogP contribution in [0.3, 0.4) is 0 Å². The molecule has 1 atom stereocenters. The summed E-state index contributed by atoms with van der Waals surface area (Å²) in [5.41, 5.74) is 2.26. The molecular weight excluding hydrogens is 340 g/mol. The third-order valence-corrected chi connectivity index (χ3v) is 5.85. The van der Waals surface area contributed by atoms with Crippen molar-refractivity contribution in [3.63, 3.8) is 0 Å². The molecule has 0 amide bonds. The van der Waals surface area contributed by atoms with E-state index in [9.17, 15) is 4.79 Å². The number of benzene rings is 1. The molecular formula is C18H20N2O4S. The molecule has 3 heterocycles. The summed E-state index contributed by atoms with van der Waals surface area (Å²) in [6.45, 7) is 4.66. The van der Waals surface area contributed by atoms with E-state index < -0.39 is 5.97 Å². The third-order valence-electron chi connectivity index (χ3n) is 4.91. The zero-order chi connectivity index (χ0) is 17.3. The molecule has 25 heavy (non-hydrogen) atoms. The normalized spacial score (nSPS) is 24.0. The highest BCUT2D eigenvalue weighted by Gasteiger charge is 2.43. The number of carboxylic acids is 1. The average Bonchev–Trinajstić information content (AvgIpc) is 3.27. The van der Waals surface area contributed by atoms with Crippen molar-refractivity contribution in [2.45, 2.75) is 18.5 Å². The van der Waals surface area contributed by atoms with Crippen LogP contribution < -0.4 is 0 Å². The van der Waals surface area contributed by atoms with Gasteiger partial charge in [0.2, 0.25) is 0 Å². The van der Waals surface area contributed by atoms with E-state index in [1.165, 1.54) is 0 Å². The predicted molar refractivity (Wildman–Crippen MR) is 93.9 cm³/mol. The molecule has 6 nitrogen and oxygen atoms in total. The van der Waals surface area contributed by atoms with E-state index in [4.69, 9.17) is 19.6 Å². The van der Waals surface area contributed by atoms with E-state index in [0.717, 1.165) is 62.2 Å². The molecule has 1 spiro atoms. The first-order valence-corrected chi connectivity index (χ1v) is 9.23. The van der Waals surface area contributed by atoms with Crippen molar-refractivity contribution < 1.29 is 19.4 Å². The molecule has 0 aliphatic carbocycles. The Hall–Kier alpha value is -1.80. The molecule has 1 unspecified atom stereocenters. The Bertz CT molecular complexity index is 753. The van der Waals surface area contributed by atoms with E-state index in [1.807, 2.05) is 12.1 Å². The highest BCUT2D eigenvalue weighted by atomic mass is 32.1. The first-order valence-electron chi connectivity index (χ1n) is 8.35. The van der Waals surface area contributed by atoms with E-state index >= 15 is 0 Å². The number of carbonyl (C=O) groups is 1. The summed E-state index contributed by atoms with van der Waals surface area (Å²) in [6.07, 6.45) is 1.00. The fraction of sp³-hybridized carbons (Fsp3) is 0.444. The molecule has 0 radical (unpaired) electrons. The number of thiazole rings is 1. The Balaban J connectivity index is 1.50. The quantitative estimate of drug-likeness (QED) is 0.903. The lowest BCUT2D eigenvalue weighted by atomic mass is 9.95. The summed E-state index contributed by atoms with van der Waals surface area (Å²) in [4.78, 5) is 18.2. The number of aromatic carboxylic acids is 1. The van der Waals surface area contributed by atoms with Gasteiger partial charge in [-0.25, -0.2) is 9.78 Å². The SMILES string of the molecule is O=C(O)c1ccc(-c2nc(CN3CCOCC34CCOC4)cs2)cc1. The summed E-state index contributed by atoms with van der Waals surface area (Å²) in [6, 6.07) is 6.86. The van der Waals surface area contributed by atoms with Gasteiger partial charge in [0.05, 0.1) is 36.6 Å². The second-order valence-electron chi connectivity index (χ2n) is 6.53. The molecule has 7 heteroatoms. The maximum Gasteiger partial charge on any atom is 0.335 e. The summed E-state index contributed by atoms with van der Waals surface area (Å²) >= 11 is 1.59. The Labute approximate surface area is 150 Å². The fourth-order valence-corrected chi connectivity index (χ4v) is 4.25. The van der Waals surface area contributed by atoms with Crippen molar-refractivity contribution in [2.75, 3.05) is 33.0 Å². The van der Waals surface area contributed by atoms with E-state index in [-0.39, 0.29) is 11.1 Å². The number of aromatic nitrogens is 1. The highest BCUT2D eigenvalue weighted by molar-refractivity contribution is 7.13. The Morgan fingerprint density at radius 3 is 2.72 bits per heavy atom. The van der Waals surface area contributed by atoms with Crippen LogP contribution in [0.1, 0.15) is 22.5 Å². The maximum absolute atomic E-state index is 11.0. The number of hydrogen-bond acceptors (Lipinski definition) is 6. The molecule has 132 valence electrons. The van der Waals surface area contributed by atoms with Crippen molar-refractivity contribution >= 4 is 17.3 Å². The van der Waals surface area contributed by atoms with Gasteiger partial charge in [-0.1, -0.05) is 12.1 Å². The van der Waals surface area contributed by atoms with Crippen molar-refractivity contribution in [1.29, 1.82) is 0 Å². The standard InChI is InChI=1S/C18H20N2O4S/c21-17(22)14-3-1-13(2-4-14)16-19-15(10-25-16)9-20-6-8-24-12-18(20)5-7-23-11-18/h1-4,10H,5-9,11-12H2,(H,21,22). The lowest BCUT2D eigenvalue weighted by Gasteiger charge is -2.43. The van der Waals surface area contributed by atoms with Gasteiger partial charge in [0.15, 0.2) is 0 Å². The third kappa shape index (κ3) is 3.32. The molecule has 1 aromatic heterocycles. The van der Waals surface area contributed by atoms with Gasteiger partial charge in [-0.05, 0) is 18.6 Å². The van der Waals surface area contributed by atoms with E-state index in [0.29, 0.717) is 0 Å². The average molecular weight is 360 g/mol. The number of hydrogen-bond donors (Lipinski definition) is 1. The molecule has 1 N–H and O–H groups in total. The van der Waals surface area contributed by atoms with Gasteiger partial charge >= 0.3 is 5.97 Å². The second-order valence-corrected chi connectivity index (χ2v) is 7.39. The molecule has 0 saturated carbocycles. The van der Waals surface area contributed by atoms with Crippen LogP contribution in [-0.4, -0.2) is 59.5 Å². The Morgan fingerprint density at radius 1 is 1.24 bits per heavy atom. The van der Waals surface area contributed by atoms with Crippen LogP contribution in [0, 0.1) is 0 Å². The summed E-state index contributed by atoms with van der Waals surface area (Å²) in [5.74, 6) is -0.914. The molecule has 4 rings (SSSR count). The van der Waals surface area contributed by atoms with Crippen molar-refractivity contribution in [1.82, 2.24) is 9.88 Å². The van der Waals surface area contributed by atoms with Gasteiger partial charge in [0.25, 0.3) is 0 Å². The minimum atomic E-state index is -0.914. The number of nitrogens with zero attached hydrogens (tertiary/aromatic N) is 2. The maximum atomic E-state index is 11.0. The zero-order valence-electron chi connectivity index (χ0n) is 13.8. The largest absolute Gasteiger partial charge is 0.478 e. The molecule has 2 aromatic rings. The lowest BCUT2D eigenvalue weighted by molar-refractivity contribution is -0.0753. The van der Waals surface area contributed by atoms with E-state index in [2.05, 4.69) is 10.3 Å². The van der Waals surface area contributed by atoms with Gasteiger partial charge in [-0.3, -0.25) is 4.90 Å². The lowest BCUT2D eigenvalue weighted by Crippen LogP contribution is -2.56. The first-order chi connectivity index (χ1) is 12.2.